The van der Waals surface area contributed by atoms with Crippen molar-refractivity contribution in [2.24, 2.45) is 5.92 Å². The zero-order chi connectivity index (χ0) is 42.1. The van der Waals surface area contributed by atoms with Gasteiger partial charge in [0.25, 0.3) is 11.8 Å². The quantitative estimate of drug-likeness (QED) is 0.0780. The van der Waals surface area contributed by atoms with Crippen molar-refractivity contribution < 1.29 is 48.7 Å². The molecule has 2 amide bonds. The molecule has 0 saturated carbocycles. The molecule has 14 nitrogen and oxygen atoms in total. The number of aryl methyl sites for hydroxylation is 1. The van der Waals surface area contributed by atoms with Crippen LogP contribution in [0.5, 0.6) is 0 Å². The number of aliphatic hydroxyl groups excluding tert-OH is 5. The third-order valence-electron chi connectivity index (χ3n) is 11.7. The average Bonchev–Trinajstić information content (AvgIpc) is 3.83. The molecule has 0 bridgehead atoms. The van der Waals surface area contributed by atoms with Crippen LogP contribution in [0, 0.1) is 5.92 Å². The molecular formula is C42H56FN5O9Si. The van der Waals surface area contributed by atoms with Gasteiger partial charge in [0.15, 0.2) is 18.0 Å². The van der Waals surface area contributed by atoms with E-state index in [2.05, 4.69) is 21.7 Å². The first-order valence-corrected chi connectivity index (χ1v) is 22.8. The predicted octanol–water partition coefficient (Wildman–Crippen LogP) is 4.05. The highest BCUT2D eigenvalue weighted by Gasteiger charge is 2.66. The zero-order valence-corrected chi connectivity index (χ0v) is 34.8. The lowest BCUT2D eigenvalue weighted by Gasteiger charge is -2.37. The van der Waals surface area contributed by atoms with Gasteiger partial charge in [-0.1, -0.05) is 65.8 Å². The Hall–Kier alpha value is -4.13. The summed E-state index contributed by atoms with van der Waals surface area (Å²) < 4.78 is 30.3. The first-order chi connectivity index (χ1) is 27.5. The molecule has 4 heterocycles. The monoisotopic (exact) mass is 821 g/mol. The second-order valence-corrected chi connectivity index (χ2v) is 20.3. The first-order valence-electron chi connectivity index (χ1n) is 19.8. The number of benzene rings is 2. The topological polar surface area (TPSA) is 200 Å². The Morgan fingerprint density at radius 2 is 1.78 bits per heavy atom. The predicted molar refractivity (Wildman–Crippen MR) is 217 cm³/mol. The number of ether oxygens (including phenoxy) is 2. The van der Waals surface area contributed by atoms with Crippen molar-refractivity contribution >= 4 is 31.6 Å². The Morgan fingerprint density at radius 3 is 2.45 bits per heavy atom. The number of carbonyl (C=O) groups excluding carboxylic acids is 2. The van der Waals surface area contributed by atoms with Gasteiger partial charge in [-0.3, -0.25) is 14.3 Å². The van der Waals surface area contributed by atoms with Gasteiger partial charge in [0.1, 0.15) is 18.3 Å². The van der Waals surface area contributed by atoms with Crippen molar-refractivity contribution in [1.29, 1.82) is 0 Å². The molecule has 3 aliphatic rings. The molecule has 3 aliphatic heterocycles. The molecule has 2 aromatic carbocycles. The molecule has 0 aliphatic carbocycles. The second kappa shape index (κ2) is 17.6. The number of carbonyl (C=O) groups is 2. The van der Waals surface area contributed by atoms with Crippen LogP contribution in [-0.2, 0) is 31.2 Å². The Kier molecular flexibility index (Phi) is 13.2. The number of hydrogen-bond acceptors (Lipinski definition) is 11. The highest BCUT2D eigenvalue weighted by molar-refractivity contribution is 6.72. The summed E-state index contributed by atoms with van der Waals surface area (Å²) in [4.78, 5) is 30.0. The summed E-state index contributed by atoms with van der Waals surface area (Å²) in [6, 6.07) is 14.4. The van der Waals surface area contributed by atoms with Crippen LogP contribution in [0.1, 0.15) is 69.7 Å². The van der Waals surface area contributed by atoms with Gasteiger partial charge in [0.2, 0.25) is 8.41 Å². The summed E-state index contributed by atoms with van der Waals surface area (Å²) >= 11 is 0. The number of aromatic nitrogens is 3. The van der Waals surface area contributed by atoms with Crippen LogP contribution in [0.4, 0.5) is 15.5 Å². The minimum atomic E-state index is -3.54. The maximum atomic E-state index is 16.6. The lowest BCUT2D eigenvalue weighted by molar-refractivity contribution is -0.274. The number of halogens is 1. The Labute approximate surface area is 339 Å². The molecule has 10 atom stereocenters. The van der Waals surface area contributed by atoms with E-state index >= 15 is 4.11 Å². The van der Waals surface area contributed by atoms with Crippen LogP contribution in [0.25, 0.3) is 0 Å². The first kappa shape index (κ1) is 43.4. The number of fused-ring (bicyclic) bond motifs is 2. The summed E-state index contributed by atoms with van der Waals surface area (Å²) in [5.41, 5.74) is 2.74. The molecule has 3 aromatic rings. The van der Waals surface area contributed by atoms with Crippen molar-refractivity contribution in [1.82, 2.24) is 15.0 Å². The molecule has 16 heteroatoms. The lowest BCUT2D eigenvalue weighted by atomic mass is 9.82. The molecular weight excluding hydrogens is 766 g/mol. The van der Waals surface area contributed by atoms with Crippen molar-refractivity contribution in [3.8, 4) is 0 Å². The number of rotatable bonds is 14. The van der Waals surface area contributed by atoms with Crippen LogP contribution >= 0.6 is 0 Å². The minimum absolute atomic E-state index is 0.163. The fourth-order valence-electron chi connectivity index (χ4n) is 8.70. The molecule has 6 rings (SSSR count). The molecule has 1 aromatic heterocycles. The maximum absolute atomic E-state index is 16.6. The van der Waals surface area contributed by atoms with Gasteiger partial charge in [-0.05, 0) is 76.9 Å². The molecule has 1 spiro atoms. The Morgan fingerprint density at radius 1 is 1.05 bits per heavy atom. The summed E-state index contributed by atoms with van der Waals surface area (Å²) in [7, 11) is -3.54. The lowest BCUT2D eigenvalue weighted by Crippen LogP contribution is -2.60. The number of anilines is 2. The summed E-state index contributed by atoms with van der Waals surface area (Å²) in [6.07, 6.45) is -1.94. The number of aliphatic hydroxyl groups is 5. The molecule has 2 fully saturated rings. The van der Waals surface area contributed by atoms with Gasteiger partial charge in [-0.15, -0.1) is 5.10 Å². The van der Waals surface area contributed by atoms with Gasteiger partial charge in [-0.25, -0.2) is 0 Å². The van der Waals surface area contributed by atoms with Crippen LogP contribution < -0.4 is 10.2 Å². The average molecular weight is 822 g/mol. The molecule has 58 heavy (non-hydrogen) atoms. The van der Waals surface area contributed by atoms with Crippen molar-refractivity contribution in [2.45, 2.75) is 120 Å². The van der Waals surface area contributed by atoms with E-state index in [4.69, 9.17) is 9.47 Å². The molecule has 6 N–H and O–H groups in total. The van der Waals surface area contributed by atoms with Gasteiger partial charge in [0, 0.05) is 42.0 Å². The number of hydrogen-bond donors (Lipinski definition) is 6. The van der Waals surface area contributed by atoms with Crippen LogP contribution in [-0.4, -0.2) is 111 Å². The zero-order valence-electron chi connectivity index (χ0n) is 33.8. The molecule has 314 valence electrons. The van der Waals surface area contributed by atoms with Gasteiger partial charge in [0.05, 0.1) is 30.0 Å². The maximum Gasteiger partial charge on any atom is 0.264 e. The van der Waals surface area contributed by atoms with Crippen molar-refractivity contribution in [3.63, 3.8) is 0 Å². The van der Waals surface area contributed by atoms with E-state index in [1.165, 1.54) is 5.57 Å². The number of nitrogens with zero attached hydrogens (tertiary/aromatic N) is 4. The van der Waals surface area contributed by atoms with Crippen LogP contribution in [0.15, 0.2) is 78.0 Å². The summed E-state index contributed by atoms with van der Waals surface area (Å²) in [5, 5.41) is 62.2. The van der Waals surface area contributed by atoms with E-state index in [9.17, 15) is 35.1 Å². The summed E-state index contributed by atoms with van der Waals surface area (Å²) in [5.74, 6) is -2.26. The van der Waals surface area contributed by atoms with Crippen molar-refractivity contribution in [2.75, 3.05) is 23.4 Å². The minimum Gasteiger partial charge on any atom is -0.395 e. The SMILES string of the molecule is CC(C)=CCC/C(C)=C/CN1C(=O)[C@@]2(O[C@@H](CCn3cc(C(CO)c4ccccc4)nn3)[C@H]([Si](C)(C)F)[C@H]2C)c2cc(NC(=O)[C@H]3O[C@@H](O)[C@H](O)[C@@H](O)[C@@H]3O)ccc21. The Bertz CT molecular complexity index is 2000. The van der Waals surface area contributed by atoms with Gasteiger partial charge >= 0.3 is 0 Å². The van der Waals surface area contributed by atoms with Crippen LogP contribution in [0.3, 0.4) is 0 Å². The normalized spacial score (nSPS) is 29.1. The highest BCUT2D eigenvalue weighted by Crippen LogP contribution is 2.60. The smallest absolute Gasteiger partial charge is 0.264 e. The number of allylic oxidation sites excluding steroid dienone is 3. The molecule has 0 radical (unpaired) electrons. The second-order valence-electron chi connectivity index (χ2n) is 16.5. The van der Waals surface area contributed by atoms with E-state index < -0.39 is 68.2 Å². The fraction of sp³-hybridized carbons (Fsp3) is 0.524. The van der Waals surface area contributed by atoms with Crippen LogP contribution in [0.2, 0.25) is 18.6 Å². The van der Waals surface area contributed by atoms with E-state index in [1.54, 1.807) is 47.1 Å². The van der Waals surface area contributed by atoms with Gasteiger partial charge < -0.3 is 49.3 Å². The fourth-order valence-corrected chi connectivity index (χ4v) is 11.2. The van der Waals surface area contributed by atoms with Crippen molar-refractivity contribution in [3.05, 3.63) is 94.8 Å². The standard InChI is InChI=1S/C42H56FN5O9Si/c1-24(2)11-10-12-25(3)17-20-48-32-16-15-28(44-39(53)37-35(51)34(50)36(52)40(54)56-37)21-30(32)42(41(48)55)26(4)38(58(5,6)43)33(57-42)18-19-47-22-31(45-46-47)29(23-49)27-13-8-7-9-14-27/h7-9,11,13-17,21-22,26,29,33-38,40,49-52,54H,10,12,18-20,23H2,1-6H3,(H,44,53)/b25-17+/t26-,29?,33+,34+,35+,36-,37+,38-,40-,42+/m1/s1. The van der Waals surface area contributed by atoms with E-state index in [0.717, 1.165) is 24.0 Å². The highest BCUT2D eigenvalue weighted by atomic mass is 28.4. The third kappa shape index (κ3) is 8.61. The molecule has 1 unspecified atom stereocenters. The Balaban J connectivity index is 1.32. The van der Waals surface area contributed by atoms with Gasteiger partial charge in [-0.2, -0.15) is 0 Å². The van der Waals surface area contributed by atoms with E-state index in [1.807, 2.05) is 64.1 Å². The summed E-state index contributed by atoms with van der Waals surface area (Å²) in [6.45, 7) is 11.6. The largest absolute Gasteiger partial charge is 0.395 e. The third-order valence-corrected chi connectivity index (χ3v) is 14.2. The van der Waals surface area contributed by atoms with E-state index in [0.29, 0.717) is 29.9 Å². The number of nitrogens with one attached hydrogen (secondary N) is 1. The molecule has 2 saturated heterocycles. The van der Waals surface area contributed by atoms with E-state index in [-0.39, 0.29) is 30.7 Å². The number of amides is 2.